The van der Waals surface area contributed by atoms with Gasteiger partial charge in [0.25, 0.3) is 0 Å². The topological polar surface area (TPSA) is 98.0 Å². The highest BCUT2D eigenvalue weighted by atomic mass is 32.1. The fourth-order valence-electron chi connectivity index (χ4n) is 1.75. The number of carbonyl (C=O) groups is 1. The summed E-state index contributed by atoms with van der Waals surface area (Å²) in [6.45, 7) is 2.74. The summed E-state index contributed by atoms with van der Waals surface area (Å²) in [5.74, 6) is 1.11. The van der Waals surface area contributed by atoms with Gasteiger partial charge in [-0.2, -0.15) is 5.10 Å². The van der Waals surface area contributed by atoms with Crippen molar-refractivity contribution >= 4 is 34.6 Å². The molecule has 0 bridgehead atoms. The van der Waals surface area contributed by atoms with Crippen LogP contribution in [0.4, 0.5) is 5.69 Å². The molecule has 0 spiro atoms. The van der Waals surface area contributed by atoms with Gasteiger partial charge in [0.15, 0.2) is 16.6 Å². The van der Waals surface area contributed by atoms with Crippen LogP contribution in [0.5, 0.6) is 11.5 Å². The van der Waals surface area contributed by atoms with Crippen molar-refractivity contribution in [2.45, 2.75) is 13.3 Å². The molecule has 7 nitrogen and oxygen atoms in total. The molecule has 112 valence electrons. The molecular formula is C13H16N4O3S. The summed E-state index contributed by atoms with van der Waals surface area (Å²) in [5.41, 5.74) is 8.89. The Labute approximate surface area is 127 Å². The molecule has 0 unspecified atom stereocenters. The first kappa shape index (κ1) is 15.0. The van der Waals surface area contributed by atoms with Gasteiger partial charge >= 0.3 is 0 Å². The van der Waals surface area contributed by atoms with Crippen LogP contribution in [-0.2, 0) is 4.79 Å². The molecule has 0 saturated heterocycles. The number of carbonyl (C=O) groups excluding carboxylic acids is 1. The number of hydrazone groups is 1. The van der Waals surface area contributed by atoms with E-state index in [1.54, 1.807) is 25.1 Å². The maximum Gasteiger partial charge on any atom is 0.230 e. The van der Waals surface area contributed by atoms with Crippen LogP contribution < -0.4 is 25.9 Å². The Kier molecular flexibility index (Phi) is 4.94. The fraction of sp³-hybridized carbons (Fsp3) is 0.308. The number of rotatable bonds is 4. The van der Waals surface area contributed by atoms with Crippen molar-refractivity contribution < 1.29 is 14.3 Å². The van der Waals surface area contributed by atoms with Crippen LogP contribution in [0.15, 0.2) is 23.3 Å². The van der Waals surface area contributed by atoms with Crippen LogP contribution in [0.25, 0.3) is 0 Å². The van der Waals surface area contributed by atoms with Crippen LogP contribution >= 0.6 is 12.2 Å². The molecule has 8 heteroatoms. The number of hydrogen-bond donors (Lipinski definition) is 3. The van der Waals surface area contributed by atoms with Gasteiger partial charge in [-0.3, -0.25) is 10.2 Å². The highest BCUT2D eigenvalue weighted by molar-refractivity contribution is 7.80. The molecule has 1 amide bonds. The van der Waals surface area contributed by atoms with Gasteiger partial charge in [0, 0.05) is 17.5 Å². The van der Waals surface area contributed by atoms with Gasteiger partial charge in [-0.25, -0.2) is 0 Å². The zero-order chi connectivity index (χ0) is 15.2. The molecule has 2 rings (SSSR count). The average Bonchev–Trinajstić information content (AvgIpc) is 2.45. The highest BCUT2D eigenvalue weighted by Gasteiger charge is 2.13. The van der Waals surface area contributed by atoms with E-state index in [1.165, 1.54) is 0 Å². The number of benzene rings is 1. The molecule has 0 radical (unpaired) electrons. The summed E-state index contributed by atoms with van der Waals surface area (Å²) in [6, 6.07) is 5.25. The molecule has 0 aliphatic carbocycles. The predicted molar refractivity (Wildman–Crippen MR) is 83.7 cm³/mol. The molecule has 21 heavy (non-hydrogen) atoms. The van der Waals surface area contributed by atoms with Crippen molar-refractivity contribution in [3.8, 4) is 11.5 Å². The summed E-state index contributed by atoms with van der Waals surface area (Å²) in [5, 5.41) is 6.69. The maximum absolute atomic E-state index is 11.9. The van der Waals surface area contributed by atoms with Crippen molar-refractivity contribution in [3.05, 3.63) is 18.2 Å². The van der Waals surface area contributed by atoms with E-state index >= 15 is 0 Å². The van der Waals surface area contributed by atoms with E-state index in [1.807, 2.05) is 0 Å². The number of fused-ring (bicyclic) bond motifs is 1. The third-order valence-electron chi connectivity index (χ3n) is 2.60. The van der Waals surface area contributed by atoms with Crippen molar-refractivity contribution in [3.63, 3.8) is 0 Å². The quantitative estimate of drug-likeness (QED) is 0.436. The first-order chi connectivity index (χ1) is 10.0. The molecule has 0 saturated carbocycles. The molecule has 1 heterocycles. The summed E-state index contributed by atoms with van der Waals surface area (Å²) in [4.78, 5) is 11.9. The largest absolute Gasteiger partial charge is 0.486 e. The number of nitrogens with zero attached hydrogens (tertiary/aromatic N) is 1. The molecule has 0 fully saturated rings. The zero-order valence-electron chi connectivity index (χ0n) is 11.5. The van der Waals surface area contributed by atoms with Crippen molar-refractivity contribution in [1.82, 2.24) is 5.43 Å². The Hall–Kier alpha value is -2.35. The molecule has 4 N–H and O–H groups in total. The van der Waals surface area contributed by atoms with Crippen LogP contribution in [0.3, 0.4) is 0 Å². The lowest BCUT2D eigenvalue weighted by Gasteiger charge is -2.19. The predicted octanol–water partition coefficient (Wildman–Crippen LogP) is 0.995. The van der Waals surface area contributed by atoms with Crippen LogP contribution in [0.1, 0.15) is 13.3 Å². The molecule has 1 aliphatic rings. The van der Waals surface area contributed by atoms with Gasteiger partial charge in [-0.05, 0) is 31.3 Å². The molecule has 0 aromatic heterocycles. The zero-order valence-corrected chi connectivity index (χ0v) is 12.3. The molecular weight excluding hydrogens is 292 g/mol. The Balaban J connectivity index is 1.93. The lowest BCUT2D eigenvalue weighted by atomic mass is 10.2. The maximum atomic E-state index is 11.9. The van der Waals surface area contributed by atoms with E-state index in [0.29, 0.717) is 36.1 Å². The third-order valence-corrected chi connectivity index (χ3v) is 2.69. The second kappa shape index (κ2) is 6.89. The van der Waals surface area contributed by atoms with Gasteiger partial charge < -0.3 is 20.5 Å². The number of anilines is 1. The molecule has 1 aliphatic heterocycles. The molecule has 1 aromatic carbocycles. The number of hydrogen-bond acceptors (Lipinski definition) is 5. The summed E-state index contributed by atoms with van der Waals surface area (Å²) in [6.07, 6.45) is 0.129. The first-order valence-corrected chi connectivity index (χ1v) is 6.73. The Morgan fingerprint density at radius 3 is 2.81 bits per heavy atom. The second-order valence-corrected chi connectivity index (χ2v) is 4.85. The lowest BCUT2D eigenvalue weighted by Crippen LogP contribution is -2.26. The van der Waals surface area contributed by atoms with Gasteiger partial charge in [-0.1, -0.05) is 0 Å². The number of nitrogens with one attached hydrogen (secondary N) is 2. The first-order valence-electron chi connectivity index (χ1n) is 6.32. The third kappa shape index (κ3) is 4.60. The Morgan fingerprint density at radius 2 is 2.10 bits per heavy atom. The van der Waals surface area contributed by atoms with Crippen LogP contribution in [0, 0.1) is 0 Å². The average molecular weight is 308 g/mol. The van der Waals surface area contributed by atoms with Crippen LogP contribution in [-0.4, -0.2) is 29.9 Å². The van der Waals surface area contributed by atoms with Gasteiger partial charge in [0.1, 0.15) is 13.2 Å². The summed E-state index contributed by atoms with van der Waals surface area (Å²) < 4.78 is 10.9. The van der Waals surface area contributed by atoms with Gasteiger partial charge in [0.05, 0.1) is 6.42 Å². The normalized spacial score (nSPS) is 13.5. The number of ether oxygens (including phenoxy) is 2. The summed E-state index contributed by atoms with van der Waals surface area (Å²) in [7, 11) is 0. The highest BCUT2D eigenvalue weighted by Crippen LogP contribution is 2.32. The summed E-state index contributed by atoms with van der Waals surface area (Å²) >= 11 is 4.62. The van der Waals surface area contributed by atoms with Crippen molar-refractivity contribution in [1.29, 1.82) is 0 Å². The van der Waals surface area contributed by atoms with Gasteiger partial charge in [0.2, 0.25) is 5.91 Å². The molecule has 1 aromatic rings. The van der Waals surface area contributed by atoms with E-state index in [9.17, 15) is 4.79 Å². The van der Waals surface area contributed by atoms with E-state index in [2.05, 4.69) is 28.1 Å². The van der Waals surface area contributed by atoms with E-state index in [0.717, 1.165) is 0 Å². The minimum absolute atomic E-state index is 0.0570. The standard InChI is InChI=1S/C13H16N4O3S/c1-8(16-17-13(14)21)6-12(18)15-9-2-3-10-11(7-9)20-5-4-19-10/h2-3,7H,4-6H2,1H3,(H,15,18)(H3,14,17,21)/b16-8-. The van der Waals surface area contributed by atoms with E-state index < -0.39 is 0 Å². The number of amides is 1. The second-order valence-electron chi connectivity index (χ2n) is 4.41. The lowest BCUT2D eigenvalue weighted by molar-refractivity contribution is -0.115. The minimum Gasteiger partial charge on any atom is -0.486 e. The number of thiocarbonyl (C=S) groups is 1. The van der Waals surface area contributed by atoms with Crippen molar-refractivity contribution in [2.24, 2.45) is 10.8 Å². The SMILES string of the molecule is C/C(CC(=O)Nc1ccc2c(c1)OCCO2)=N/NC(N)=S. The van der Waals surface area contributed by atoms with Crippen LogP contribution in [0.2, 0.25) is 0 Å². The minimum atomic E-state index is -0.197. The van der Waals surface area contributed by atoms with E-state index in [-0.39, 0.29) is 17.4 Å². The smallest absolute Gasteiger partial charge is 0.230 e. The monoisotopic (exact) mass is 308 g/mol. The van der Waals surface area contributed by atoms with Crippen molar-refractivity contribution in [2.75, 3.05) is 18.5 Å². The number of nitrogens with two attached hydrogens (primary N) is 1. The molecule has 0 atom stereocenters. The van der Waals surface area contributed by atoms with Gasteiger partial charge in [-0.15, -0.1) is 0 Å². The van der Waals surface area contributed by atoms with E-state index in [4.69, 9.17) is 15.2 Å². The Morgan fingerprint density at radius 1 is 1.38 bits per heavy atom. The Bertz CT molecular complexity index is 589. The fourth-order valence-corrected chi connectivity index (χ4v) is 1.79.